The fraction of sp³-hybridized carbons (Fsp3) is 0.706. The summed E-state index contributed by atoms with van der Waals surface area (Å²) in [4.78, 5) is 14.2. The lowest BCUT2D eigenvalue weighted by Gasteiger charge is -2.40. The minimum Gasteiger partial charge on any atom is -0.444 e. The number of hydrogen-bond donors (Lipinski definition) is 1. The molecule has 2 rings (SSSR count). The number of rotatable bonds is 3. The number of ether oxygens (including phenoxy) is 1. The summed E-state index contributed by atoms with van der Waals surface area (Å²) in [6.07, 6.45) is 6.07. The number of amides is 1. The zero-order chi connectivity index (χ0) is 16.3. The Morgan fingerprint density at radius 1 is 1.45 bits per heavy atom. The van der Waals surface area contributed by atoms with Gasteiger partial charge in [-0.15, -0.1) is 0 Å². The number of carbonyl (C=O) groups excluding carboxylic acids is 1. The van der Waals surface area contributed by atoms with E-state index in [1.807, 2.05) is 43.5 Å². The van der Waals surface area contributed by atoms with E-state index >= 15 is 0 Å². The van der Waals surface area contributed by atoms with Crippen molar-refractivity contribution in [3.63, 3.8) is 0 Å². The molecule has 5 heteroatoms. The molecule has 1 aliphatic heterocycles. The Bertz CT molecular complexity index is 504. The normalized spacial score (nSPS) is 22.7. The second kappa shape index (κ2) is 6.73. The van der Waals surface area contributed by atoms with Gasteiger partial charge in [0.1, 0.15) is 5.60 Å². The van der Waals surface area contributed by atoms with Crippen LogP contribution in [-0.4, -0.2) is 39.8 Å². The molecular formula is C17H29N3O2. The van der Waals surface area contributed by atoms with Gasteiger partial charge in [-0.2, -0.15) is 0 Å². The minimum absolute atomic E-state index is 0.146. The summed E-state index contributed by atoms with van der Waals surface area (Å²) in [5.41, 5.74) is 0.824. The van der Waals surface area contributed by atoms with Crippen LogP contribution in [0.15, 0.2) is 18.5 Å². The first-order valence-corrected chi connectivity index (χ1v) is 8.10. The van der Waals surface area contributed by atoms with Crippen LogP contribution < -0.4 is 5.32 Å². The van der Waals surface area contributed by atoms with Gasteiger partial charge in [0.2, 0.25) is 0 Å². The van der Waals surface area contributed by atoms with Crippen molar-refractivity contribution >= 4 is 6.09 Å². The molecule has 1 aliphatic rings. The van der Waals surface area contributed by atoms with E-state index in [0.29, 0.717) is 6.04 Å². The van der Waals surface area contributed by atoms with Crippen LogP contribution in [0.5, 0.6) is 0 Å². The standard InChI is InChI=1S/C17H29N3O2/c1-13-15(18-11-14-8-10-19(5)12-14)7-6-9-20(13)16(21)22-17(2,3)4/h8,10,12-13,15,18H,6-7,9,11H2,1-5H3. The van der Waals surface area contributed by atoms with Crippen LogP contribution in [0.3, 0.4) is 0 Å². The van der Waals surface area contributed by atoms with Crippen LogP contribution in [0, 0.1) is 0 Å². The number of aromatic nitrogens is 1. The van der Waals surface area contributed by atoms with E-state index < -0.39 is 5.60 Å². The molecule has 0 radical (unpaired) electrons. The largest absolute Gasteiger partial charge is 0.444 e. The summed E-state index contributed by atoms with van der Waals surface area (Å²) in [6.45, 7) is 9.43. The molecular weight excluding hydrogens is 278 g/mol. The average Bonchev–Trinajstić information content (AvgIpc) is 2.81. The van der Waals surface area contributed by atoms with Gasteiger partial charge >= 0.3 is 6.09 Å². The number of piperidine rings is 1. The second-order valence-corrected chi connectivity index (χ2v) is 7.23. The monoisotopic (exact) mass is 307 g/mol. The predicted octanol–water partition coefficient (Wildman–Crippen LogP) is 2.90. The van der Waals surface area contributed by atoms with Crippen molar-refractivity contribution < 1.29 is 9.53 Å². The highest BCUT2D eigenvalue weighted by molar-refractivity contribution is 5.68. The van der Waals surface area contributed by atoms with Gasteiger partial charge in [0.05, 0.1) is 0 Å². The van der Waals surface area contributed by atoms with E-state index in [0.717, 1.165) is 25.9 Å². The Kier molecular flexibility index (Phi) is 5.16. The van der Waals surface area contributed by atoms with Crippen molar-refractivity contribution in [3.8, 4) is 0 Å². The van der Waals surface area contributed by atoms with E-state index in [1.54, 1.807) is 0 Å². The third-order valence-corrected chi connectivity index (χ3v) is 4.08. The Morgan fingerprint density at radius 3 is 2.77 bits per heavy atom. The molecule has 1 N–H and O–H groups in total. The smallest absolute Gasteiger partial charge is 0.410 e. The molecule has 2 heterocycles. The zero-order valence-electron chi connectivity index (χ0n) is 14.4. The van der Waals surface area contributed by atoms with E-state index in [4.69, 9.17) is 4.74 Å². The van der Waals surface area contributed by atoms with Gasteiger partial charge < -0.3 is 19.5 Å². The number of carbonyl (C=O) groups is 1. The number of likely N-dealkylation sites (tertiary alicyclic amines) is 1. The number of hydrogen-bond acceptors (Lipinski definition) is 3. The number of nitrogens with one attached hydrogen (secondary N) is 1. The van der Waals surface area contributed by atoms with Crippen LogP contribution in [0.25, 0.3) is 0 Å². The Hall–Kier alpha value is -1.49. The molecule has 1 aromatic rings. The first kappa shape index (κ1) is 16.9. The minimum atomic E-state index is -0.443. The average molecular weight is 307 g/mol. The maximum atomic E-state index is 12.3. The lowest BCUT2D eigenvalue weighted by Crippen LogP contribution is -2.55. The summed E-state index contributed by atoms with van der Waals surface area (Å²) in [7, 11) is 2.02. The molecule has 0 bridgehead atoms. The molecule has 1 amide bonds. The van der Waals surface area contributed by atoms with Crippen molar-refractivity contribution in [2.24, 2.45) is 7.05 Å². The van der Waals surface area contributed by atoms with Gasteiger partial charge in [-0.1, -0.05) is 0 Å². The number of aryl methyl sites for hydroxylation is 1. The van der Waals surface area contributed by atoms with Crippen LogP contribution >= 0.6 is 0 Å². The van der Waals surface area contributed by atoms with Crippen LogP contribution in [0.2, 0.25) is 0 Å². The highest BCUT2D eigenvalue weighted by atomic mass is 16.6. The summed E-state index contributed by atoms with van der Waals surface area (Å²) in [5.74, 6) is 0. The SMILES string of the molecule is CC1C(NCc2ccn(C)c2)CCCN1C(=O)OC(C)(C)C. The molecule has 1 saturated heterocycles. The molecule has 1 aromatic heterocycles. The van der Waals surface area contributed by atoms with E-state index in [-0.39, 0.29) is 12.1 Å². The van der Waals surface area contributed by atoms with Crippen LogP contribution in [0.4, 0.5) is 4.79 Å². The third kappa shape index (κ3) is 4.50. The molecule has 22 heavy (non-hydrogen) atoms. The topological polar surface area (TPSA) is 46.5 Å². The highest BCUT2D eigenvalue weighted by Crippen LogP contribution is 2.21. The van der Waals surface area contributed by atoms with E-state index in [9.17, 15) is 4.79 Å². The van der Waals surface area contributed by atoms with Gasteiger partial charge in [-0.3, -0.25) is 0 Å². The molecule has 0 aliphatic carbocycles. The van der Waals surface area contributed by atoms with Crippen molar-refractivity contribution in [2.75, 3.05) is 6.54 Å². The zero-order valence-corrected chi connectivity index (χ0v) is 14.4. The fourth-order valence-corrected chi connectivity index (χ4v) is 2.91. The van der Waals surface area contributed by atoms with Gasteiger partial charge in [0, 0.05) is 44.6 Å². The molecule has 124 valence electrons. The van der Waals surface area contributed by atoms with Crippen molar-refractivity contribution in [2.45, 2.75) is 64.8 Å². The third-order valence-electron chi connectivity index (χ3n) is 4.08. The van der Waals surface area contributed by atoms with Crippen molar-refractivity contribution in [1.82, 2.24) is 14.8 Å². The fourth-order valence-electron chi connectivity index (χ4n) is 2.91. The summed E-state index contributed by atoms with van der Waals surface area (Å²) in [6, 6.07) is 2.57. The van der Waals surface area contributed by atoms with Gasteiger partial charge in [-0.05, 0) is 52.2 Å². The van der Waals surface area contributed by atoms with Crippen LogP contribution in [-0.2, 0) is 18.3 Å². The van der Waals surface area contributed by atoms with Crippen molar-refractivity contribution in [1.29, 1.82) is 0 Å². The van der Waals surface area contributed by atoms with Gasteiger partial charge in [0.25, 0.3) is 0 Å². The molecule has 2 atom stereocenters. The second-order valence-electron chi connectivity index (χ2n) is 7.23. The first-order chi connectivity index (χ1) is 10.3. The lowest BCUT2D eigenvalue weighted by atomic mass is 9.97. The molecule has 2 unspecified atom stereocenters. The molecule has 5 nitrogen and oxygen atoms in total. The molecule has 1 fully saturated rings. The number of nitrogens with zero attached hydrogens (tertiary/aromatic N) is 2. The van der Waals surface area contributed by atoms with Gasteiger partial charge in [-0.25, -0.2) is 4.79 Å². The Labute approximate surface area is 133 Å². The first-order valence-electron chi connectivity index (χ1n) is 8.10. The maximum absolute atomic E-state index is 12.3. The molecule has 0 aromatic carbocycles. The maximum Gasteiger partial charge on any atom is 0.410 e. The quantitative estimate of drug-likeness (QED) is 0.934. The summed E-state index contributed by atoms with van der Waals surface area (Å²) in [5, 5.41) is 3.59. The molecule has 0 saturated carbocycles. The lowest BCUT2D eigenvalue weighted by molar-refractivity contribution is 0.00699. The van der Waals surface area contributed by atoms with Crippen LogP contribution in [0.1, 0.15) is 46.1 Å². The predicted molar refractivity (Wildman–Crippen MR) is 87.7 cm³/mol. The Balaban J connectivity index is 1.91. The summed E-state index contributed by atoms with van der Waals surface area (Å²) >= 11 is 0. The van der Waals surface area contributed by atoms with Crippen molar-refractivity contribution in [3.05, 3.63) is 24.0 Å². The van der Waals surface area contributed by atoms with E-state index in [1.165, 1.54) is 5.56 Å². The highest BCUT2D eigenvalue weighted by Gasteiger charge is 2.33. The van der Waals surface area contributed by atoms with E-state index in [2.05, 4.69) is 24.5 Å². The summed E-state index contributed by atoms with van der Waals surface area (Å²) < 4.78 is 7.57. The van der Waals surface area contributed by atoms with Gasteiger partial charge in [0.15, 0.2) is 0 Å². The molecule has 0 spiro atoms. The Morgan fingerprint density at radius 2 is 2.18 bits per heavy atom.